The molecule has 0 atom stereocenters. The number of benzene rings is 1. The van der Waals surface area contributed by atoms with Gasteiger partial charge in [-0.1, -0.05) is 38.8 Å². The van der Waals surface area contributed by atoms with Crippen LogP contribution in [0.4, 0.5) is 0 Å². The van der Waals surface area contributed by atoms with Gasteiger partial charge in [-0.2, -0.15) is 0 Å². The van der Waals surface area contributed by atoms with Crippen LogP contribution in [-0.2, 0) is 9.31 Å². The third-order valence-corrected chi connectivity index (χ3v) is 3.00. The van der Waals surface area contributed by atoms with E-state index in [0.29, 0.717) is 6.61 Å². The van der Waals surface area contributed by atoms with Crippen molar-refractivity contribution in [2.45, 2.75) is 46.5 Å². The molecule has 4 heteroatoms. The minimum atomic E-state index is -0.260. The van der Waals surface area contributed by atoms with Crippen LogP contribution in [0, 0.1) is 0 Å². The molecule has 0 heterocycles. The van der Waals surface area contributed by atoms with Crippen molar-refractivity contribution in [3.8, 4) is 5.75 Å². The highest BCUT2D eigenvalue weighted by Gasteiger charge is 2.20. The first-order valence-corrected chi connectivity index (χ1v) is 7.77. The van der Waals surface area contributed by atoms with Crippen molar-refractivity contribution in [2.24, 2.45) is 0 Å². The molecule has 0 N–H and O–H groups in total. The molecule has 1 aromatic carbocycles. The van der Waals surface area contributed by atoms with Crippen molar-refractivity contribution < 1.29 is 14.0 Å². The topological polar surface area (TPSA) is 27.7 Å². The van der Waals surface area contributed by atoms with Gasteiger partial charge in [0.2, 0.25) is 0 Å². The summed E-state index contributed by atoms with van der Waals surface area (Å²) in [5, 5.41) is 0. The van der Waals surface area contributed by atoms with E-state index < -0.39 is 0 Å². The van der Waals surface area contributed by atoms with Crippen molar-refractivity contribution in [1.82, 2.24) is 0 Å². The van der Waals surface area contributed by atoms with Gasteiger partial charge in [-0.25, -0.2) is 0 Å². The second kappa shape index (κ2) is 10.8. The van der Waals surface area contributed by atoms with Crippen LogP contribution in [0.2, 0.25) is 0 Å². The van der Waals surface area contributed by atoms with Crippen LogP contribution in [-0.4, -0.2) is 26.9 Å². The van der Waals surface area contributed by atoms with Crippen LogP contribution >= 0.6 is 0 Å². The Bertz CT molecular complexity index is 330. The fourth-order valence-corrected chi connectivity index (χ4v) is 1.80. The van der Waals surface area contributed by atoms with Gasteiger partial charge in [-0.3, -0.25) is 0 Å². The summed E-state index contributed by atoms with van der Waals surface area (Å²) in [6, 6.07) is 7.98. The lowest BCUT2D eigenvalue weighted by Crippen LogP contribution is -2.37. The maximum absolute atomic E-state index is 5.85. The second-order valence-electron chi connectivity index (χ2n) is 4.78. The minimum absolute atomic E-state index is 0.260. The van der Waals surface area contributed by atoms with Gasteiger partial charge < -0.3 is 14.0 Å². The van der Waals surface area contributed by atoms with E-state index in [9.17, 15) is 0 Å². The Labute approximate surface area is 123 Å². The summed E-state index contributed by atoms with van der Waals surface area (Å²) in [7, 11) is -0.260. The van der Waals surface area contributed by atoms with E-state index in [2.05, 4.69) is 13.8 Å². The van der Waals surface area contributed by atoms with E-state index in [4.69, 9.17) is 14.0 Å². The molecule has 0 bridgehead atoms. The molecule has 3 nitrogen and oxygen atoms in total. The van der Waals surface area contributed by atoms with E-state index in [1.165, 1.54) is 0 Å². The largest absolute Gasteiger partial charge is 0.494 e. The van der Waals surface area contributed by atoms with Crippen molar-refractivity contribution in [3.05, 3.63) is 24.3 Å². The Balaban J connectivity index is 2.59. The fraction of sp³-hybridized carbons (Fsp3) is 0.625. The lowest BCUT2D eigenvalue weighted by atomic mass is 9.78. The molecule has 0 saturated carbocycles. The number of hydrogen-bond acceptors (Lipinski definition) is 3. The molecule has 0 amide bonds. The highest BCUT2D eigenvalue weighted by atomic mass is 16.6. The second-order valence-corrected chi connectivity index (χ2v) is 4.78. The summed E-state index contributed by atoms with van der Waals surface area (Å²) in [5.41, 5.74) is 1.06. The molecule has 0 aromatic heterocycles. The summed E-state index contributed by atoms with van der Waals surface area (Å²) >= 11 is 0. The van der Waals surface area contributed by atoms with Crippen LogP contribution < -0.4 is 10.2 Å². The predicted octanol–water partition coefficient (Wildman–Crippen LogP) is 3.41. The molecular weight excluding hydrogens is 251 g/mol. The molecule has 0 aliphatic heterocycles. The number of ether oxygens (including phenoxy) is 1. The fourth-order valence-electron chi connectivity index (χ4n) is 1.80. The molecule has 0 aliphatic carbocycles. The molecule has 0 aliphatic rings. The molecule has 0 saturated heterocycles. The van der Waals surface area contributed by atoms with E-state index in [1.54, 1.807) is 0 Å². The van der Waals surface area contributed by atoms with Gasteiger partial charge in [0.25, 0.3) is 0 Å². The summed E-state index contributed by atoms with van der Waals surface area (Å²) in [6.45, 7) is 8.46. The highest BCUT2D eigenvalue weighted by molar-refractivity contribution is 6.61. The van der Waals surface area contributed by atoms with Crippen LogP contribution in [0.1, 0.15) is 46.5 Å². The maximum Gasteiger partial charge on any atom is 0.493 e. The quantitative estimate of drug-likeness (QED) is 0.458. The molecule has 0 fully saturated rings. The van der Waals surface area contributed by atoms with Gasteiger partial charge in [-0.15, -0.1) is 0 Å². The average molecular weight is 278 g/mol. The van der Waals surface area contributed by atoms with Crippen molar-refractivity contribution in [1.29, 1.82) is 0 Å². The molecule has 0 radical (unpaired) electrons. The molecular formula is C16H27BO3. The highest BCUT2D eigenvalue weighted by Crippen LogP contribution is 2.08. The molecule has 20 heavy (non-hydrogen) atoms. The summed E-state index contributed by atoms with van der Waals surface area (Å²) in [6.07, 6.45) is 4.38. The number of rotatable bonds is 11. The summed E-state index contributed by atoms with van der Waals surface area (Å²) < 4.78 is 17.2. The van der Waals surface area contributed by atoms with Gasteiger partial charge in [0.15, 0.2) is 0 Å². The zero-order valence-corrected chi connectivity index (χ0v) is 13.1. The first-order chi connectivity index (χ1) is 9.81. The van der Waals surface area contributed by atoms with E-state index in [0.717, 1.165) is 50.1 Å². The number of hydrogen-bond donors (Lipinski definition) is 0. The van der Waals surface area contributed by atoms with Crippen molar-refractivity contribution in [2.75, 3.05) is 19.8 Å². The van der Waals surface area contributed by atoms with Gasteiger partial charge in [-0.05, 0) is 37.4 Å². The van der Waals surface area contributed by atoms with Gasteiger partial charge in [0.1, 0.15) is 5.75 Å². The predicted molar refractivity (Wildman–Crippen MR) is 84.7 cm³/mol. The Hall–Kier alpha value is -0.995. The molecule has 1 aromatic rings. The Kier molecular flexibility index (Phi) is 9.17. The van der Waals surface area contributed by atoms with E-state index in [1.807, 2.05) is 31.2 Å². The van der Waals surface area contributed by atoms with E-state index >= 15 is 0 Å². The smallest absolute Gasteiger partial charge is 0.493 e. The first-order valence-electron chi connectivity index (χ1n) is 7.77. The molecule has 112 valence electrons. The third kappa shape index (κ3) is 6.44. The van der Waals surface area contributed by atoms with Crippen LogP contribution in [0.5, 0.6) is 5.75 Å². The van der Waals surface area contributed by atoms with Gasteiger partial charge >= 0.3 is 7.12 Å². The Morgan fingerprint density at radius 3 is 1.85 bits per heavy atom. The summed E-state index contributed by atoms with van der Waals surface area (Å²) in [4.78, 5) is 0. The molecule has 0 unspecified atom stereocenters. The first kappa shape index (κ1) is 17.1. The zero-order chi connectivity index (χ0) is 14.6. The molecule has 0 spiro atoms. The standard InChI is InChI=1S/C16H27BO3/c1-4-7-13-19-17(20-14-8-5-2)15-9-11-16(12-10-15)18-6-3/h9-12H,4-8,13-14H2,1-3H3. The van der Waals surface area contributed by atoms with Gasteiger partial charge in [0.05, 0.1) is 6.61 Å². The average Bonchev–Trinajstić information content (AvgIpc) is 2.47. The Morgan fingerprint density at radius 2 is 1.40 bits per heavy atom. The van der Waals surface area contributed by atoms with Crippen LogP contribution in [0.3, 0.4) is 0 Å². The van der Waals surface area contributed by atoms with E-state index in [-0.39, 0.29) is 7.12 Å². The minimum Gasteiger partial charge on any atom is -0.494 e. The normalized spacial score (nSPS) is 10.6. The van der Waals surface area contributed by atoms with Crippen molar-refractivity contribution >= 4 is 12.6 Å². The maximum atomic E-state index is 5.85. The monoisotopic (exact) mass is 278 g/mol. The van der Waals surface area contributed by atoms with Gasteiger partial charge in [0, 0.05) is 13.2 Å². The van der Waals surface area contributed by atoms with Crippen molar-refractivity contribution in [3.63, 3.8) is 0 Å². The summed E-state index contributed by atoms with van der Waals surface area (Å²) in [5.74, 6) is 0.886. The van der Waals surface area contributed by atoms with Crippen LogP contribution in [0.25, 0.3) is 0 Å². The lowest BCUT2D eigenvalue weighted by Gasteiger charge is -2.15. The zero-order valence-electron chi connectivity index (χ0n) is 13.1. The SMILES string of the molecule is CCCCOB(OCCCC)c1ccc(OCC)cc1. The lowest BCUT2D eigenvalue weighted by molar-refractivity contribution is 0.202. The Morgan fingerprint density at radius 1 is 0.850 bits per heavy atom. The number of unbranched alkanes of at least 4 members (excludes halogenated alkanes) is 2. The van der Waals surface area contributed by atoms with Crippen LogP contribution in [0.15, 0.2) is 24.3 Å². The third-order valence-electron chi connectivity index (χ3n) is 3.00. The molecule has 1 rings (SSSR count).